The number of H-pyrrole nitrogens is 1. The van der Waals surface area contributed by atoms with E-state index < -0.39 is 17.6 Å². The highest BCUT2D eigenvalue weighted by Gasteiger charge is 2.24. The van der Waals surface area contributed by atoms with Gasteiger partial charge in [0, 0.05) is 25.0 Å². The van der Waals surface area contributed by atoms with Gasteiger partial charge >= 0.3 is 11.8 Å². The number of carbonyl (C=O) groups is 2. The molecule has 8 nitrogen and oxygen atoms in total. The van der Waals surface area contributed by atoms with E-state index in [4.69, 9.17) is 4.74 Å². The molecule has 1 aromatic carbocycles. The predicted octanol–water partition coefficient (Wildman–Crippen LogP) is 1.42. The maximum Gasteiger partial charge on any atom is 0.313 e. The summed E-state index contributed by atoms with van der Waals surface area (Å²) in [5.74, 6) is -2.15. The second-order valence-corrected chi connectivity index (χ2v) is 6.55. The molecule has 0 bridgehead atoms. The molecule has 9 heteroatoms. The molecule has 0 unspecified atom stereocenters. The Morgan fingerprint density at radius 1 is 1.26 bits per heavy atom. The van der Waals surface area contributed by atoms with Crippen molar-refractivity contribution >= 4 is 23.2 Å². The first-order chi connectivity index (χ1) is 12.9. The van der Waals surface area contributed by atoms with Gasteiger partial charge in [-0.1, -0.05) is 0 Å². The third kappa shape index (κ3) is 4.82. The number of aromatic nitrogens is 2. The van der Waals surface area contributed by atoms with Gasteiger partial charge in [0.1, 0.15) is 5.82 Å². The number of hydrogen-bond donors (Lipinski definition) is 3. The monoisotopic (exact) mass is 375 g/mol. The van der Waals surface area contributed by atoms with E-state index in [-0.39, 0.29) is 24.4 Å². The fraction of sp³-hybridized carbons (Fsp3) is 0.389. The molecule has 2 atom stereocenters. The Kier molecular flexibility index (Phi) is 5.70. The molecule has 0 spiro atoms. The van der Waals surface area contributed by atoms with Crippen molar-refractivity contribution in [2.24, 2.45) is 0 Å². The highest BCUT2D eigenvalue weighted by atomic mass is 19.1. The summed E-state index contributed by atoms with van der Waals surface area (Å²) in [5.41, 5.74) is 1.33. The van der Waals surface area contributed by atoms with Crippen LogP contribution in [0.4, 0.5) is 15.8 Å². The molecular formula is C18H22FN5O3. The number of nitrogens with one attached hydrogen (secondary N) is 3. The Morgan fingerprint density at radius 2 is 2.00 bits per heavy atom. The van der Waals surface area contributed by atoms with E-state index in [1.54, 1.807) is 24.4 Å². The summed E-state index contributed by atoms with van der Waals surface area (Å²) in [6.07, 6.45) is 1.55. The van der Waals surface area contributed by atoms with Crippen LogP contribution in [0.2, 0.25) is 0 Å². The minimum absolute atomic E-state index is 0.00565. The quantitative estimate of drug-likeness (QED) is 0.702. The topological polar surface area (TPSA) is 99.4 Å². The zero-order valence-corrected chi connectivity index (χ0v) is 15.2. The van der Waals surface area contributed by atoms with E-state index in [1.165, 1.54) is 6.07 Å². The van der Waals surface area contributed by atoms with Crippen LogP contribution in [0.15, 0.2) is 30.5 Å². The Hall–Kier alpha value is -2.94. The normalized spacial score (nSPS) is 19.6. The van der Waals surface area contributed by atoms with Crippen molar-refractivity contribution in [2.45, 2.75) is 32.6 Å². The van der Waals surface area contributed by atoms with Crippen molar-refractivity contribution in [3.8, 4) is 0 Å². The number of rotatable bonds is 4. The number of benzene rings is 1. The van der Waals surface area contributed by atoms with Crippen LogP contribution in [-0.4, -0.2) is 47.3 Å². The van der Waals surface area contributed by atoms with Crippen molar-refractivity contribution in [1.82, 2.24) is 15.5 Å². The van der Waals surface area contributed by atoms with Gasteiger partial charge in [0.25, 0.3) is 0 Å². The molecule has 3 rings (SSSR count). The first-order valence-corrected chi connectivity index (χ1v) is 8.69. The van der Waals surface area contributed by atoms with E-state index >= 15 is 0 Å². The van der Waals surface area contributed by atoms with Gasteiger partial charge in [-0.3, -0.25) is 14.7 Å². The van der Waals surface area contributed by atoms with E-state index in [1.807, 2.05) is 18.7 Å². The zero-order valence-electron chi connectivity index (χ0n) is 15.2. The van der Waals surface area contributed by atoms with Crippen LogP contribution in [-0.2, 0) is 20.9 Å². The molecule has 2 amide bonds. The van der Waals surface area contributed by atoms with Gasteiger partial charge in [0.05, 0.1) is 30.1 Å². The molecular weight excluding hydrogens is 353 g/mol. The molecule has 1 aliphatic rings. The minimum atomic E-state index is -0.865. The Labute approximate surface area is 156 Å². The van der Waals surface area contributed by atoms with Crippen LogP contribution >= 0.6 is 0 Å². The SMILES string of the molecule is C[C@@H]1CN(c2ccc(NC(=O)C(=O)NCc3ccn[nH]3)cc2F)C[C@@H](C)O1. The summed E-state index contributed by atoms with van der Waals surface area (Å²) in [6, 6.07) is 6.06. The van der Waals surface area contributed by atoms with Crippen LogP contribution in [0.5, 0.6) is 0 Å². The molecule has 0 saturated carbocycles. The number of anilines is 2. The van der Waals surface area contributed by atoms with Gasteiger partial charge in [-0.15, -0.1) is 0 Å². The van der Waals surface area contributed by atoms with Gasteiger partial charge in [-0.05, 0) is 38.1 Å². The molecule has 1 aromatic heterocycles. The maximum absolute atomic E-state index is 14.5. The fourth-order valence-electron chi connectivity index (χ4n) is 3.04. The van der Waals surface area contributed by atoms with Crippen molar-refractivity contribution in [1.29, 1.82) is 0 Å². The summed E-state index contributed by atoms with van der Waals surface area (Å²) in [4.78, 5) is 25.7. The first-order valence-electron chi connectivity index (χ1n) is 8.69. The molecule has 1 aliphatic heterocycles. The average molecular weight is 375 g/mol. The summed E-state index contributed by atoms with van der Waals surface area (Å²) in [6.45, 7) is 5.20. The highest BCUT2D eigenvalue weighted by Crippen LogP contribution is 2.26. The van der Waals surface area contributed by atoms with Gasteiger partial charge in [-0.25, -0.2) is 4.39 Å². The smallest absolute Gasteiger partial charge is 0.313 e. The van der Waals surface area contributed by atoms with Crippen LogP contribution in [0.3, 0.4) is 0 Å². The Morgan fingerprint density at radius 3 is 2.63 bits per heavy atom. The van der Waals surface area contributed by atoms with Crippen molar-refractivity contribution in [2.75, 3.05) is 23.3 Å². The van der Waals surface area contributed by atoms with Crippen LogP contribution in [0.25, 0.3) is 0 Å². The van der Waals surface area contributed by atoms with Crippen LogP contribution < -0.4 is 15.5 Å². The number of morpholine rings is 1. The number of carbonyl (C=O) groups excluding carboxylic acids is 2. The largest absolute Gasteiger partial charge is 0.372 e. The van der Waals surface area contributed by atoms with Gasteiger partial charge in [0.15, 0.2) is 0 Å². The summed E-state index contributed by atoms with van der Waals surface area (Å²) >= 11 is 0. The lowest BCUT2D eigenvalue weighted by Crippen LogP contribution is -2.45. The van der Waals surface area contributed by atoms with E-state index in [0.717, 1.165) is 0 Å². The van der Waals surface area contributed by atoms with Crippen molar-refractivity contribution < 1.29 is 18.7 Å². The molecule has 144 valence electrons. The number of amides is 2. The van der Waals surface area contributed by atoms with Crippen molar-refractivity contribution in [3.63, 3.8) is 0 Å². The standard InChI is InChI=1S/C18H22FN5O3/c1-11-9-24(10-12(2)27-11)16-4-3-13(7-15(16)19)22-18(26)17(25)20-8-14-5-6-21-23-14/h3-7,11-12H,8-10H2,1-2H3,(H,20,25)(H,21,23)(H,22,26)/t11-,12-/m1/s1. The number of hydrogen-bond acceptors (Lipinski definition) is 5. The van der Waals surface area contributed by atoms with E-state index in [9.17, 15) is 14.0 Å². The maximum atomic E-state index is 14.5. The van der Waals surface area contributed by atoms with Gasteiger partial charge in [-0.2, -0.15) is 5.10 Å². The van der Waals surface area contributed by atoms with Gasteiger partial charge < -0.3 is 20.3 Å². The Bertz CT molecular complexity index is 801. The lowest BCUT2D eigenvalue weighted by molar-refractivity contribution is -0.136. The zero-order chi connectivity index (χ0) is 19.4. The second-order valence-electron chi connectivity index (χ2n) is 6.55. The lowest BCUT2D eigenvalue weighted by atomic mass is 10.2. The van der Waals surface area contributed by atoms with E-state index in [0.29, 0.717) is 24.5 Å². The lowest BCUT2D eigenvalue weighted by Gasteiger charge is -2.37. The third-order valence-corrected chi connectivity index (χ3v) is 4.17. The number of aromatic amines is 1. The minimum Gasteiger partial charge on any atom is -0.372 e. The molecule has 0 aliphatic carbocycles. The first kappa shape index (κ1) is 18.8. The van der Waals surface area contributed by atoms with Crippen LogP contribution in [0, 0.1) is 5.82 Å². The summed E-state index contributed by atoms with van der Waals surface area (Å²) in [5, 5.41) is 11.3. The number of halogens is 1. The van der Waals surface area contributed by atoms with Crippen LogP contribution in [0.1, 0.15) is 19.5 Å². The number of ether oxygens (including phenoxy) is 1. The second kappa shape index (κ2) is 8.17. The third-order valence-electron chi connectivity index (χ3n) is 4.17. The molecule has 3 N–H and O–H groups in total. The molecule has 2 aromatic rings. The predicted molar refractivity (Wildman–Crippen MR) is 97.7 cm³/mol. The average Bonchev–Trinajstić information content (AvgIpc) is 3.12. The summed E-state index contributed by atoms with van der Waals surface area (Å²) in [7, 11) is 0. The molecule has 1 fully saturated rings. The van der Waals surface area contributed by atoms with Gasteiger partial charge in [0.2, 0.25) is 0 Å². The van der Waals surface area contributed by atoms with Crippen molar-refractivity contribution in [3.05, 3.63) is 42.0 Å². The highest BCUT2D eigenvalue weighted by molar-refractivity contribution is 6.39. The van der Waals surface area contributed by atoms with E-state index in [2.05, 4.69) is 20.8 Å². The fourth-order valence-corrected chi connectivity index (χ4v) is 3.04. The summed E-state index contributed by atoms with van der Waals surface area (Å²) < 4.78 is 20.2. The number of nitrogens with zero attached hydrogens (tertiary/aromatic N) is 2. The molecule has 0 radical (unpaired) electrons. The molecule has 27 heavy (non-hydrogen) atoms. The Balaban J connectivity index is 1.59. The molecule has 1 saturated heterocycles. The molecule has 2 heterocycles.